The monoisotopic (exact) mass is 361 g/mol. The van der Waals surface area contributed by atoms with Crippen LogP contribution in [0.5, 0.6) is 0 Å². The summed E-state index contributed by atoms with van der Waals surface area (Å²) in [6, 6.07) is 11.2. The second kappa shape index (κ2) is 7.31. The topological polar surface area (TPSA) is 85.8 Å². The smallest absolute Gasteiger partial charge is 0.234 e. The normalized spacial score (nSPS) is 10.6. The molecule has 0 radical (unpaired) electrons. The molecule has 25 heavy (non-hydrogen) atoms. The van der Waals surface area contributed by atoms with Crippen LogP contribution in [0.4, 0.5) is 14.5 Å². The van der Waals surface area contributed by atoms with Crippen LogP contribution in [0.1, 0.15) is 0 Å². The fraction of sp³-hybridized carbons (Fsp3) is 0.0625. The maximum Gasteiger partial charge on any atom is 0.234 e. The summed E-state index contributed by atoms with van der Waals surface area (Å²) in [7, 11) is 0. The van der Waals surface area contributed by atoms with Crippen LogP contribution in [0.25, 0.3) is 11.4 Å². The molecule has 0 aliphatic heterocycles. The number of carbonyl (C=O) groups is 1. The van der Waals surface area contributed by atoms with E-state index in [0.29, 0.717) is 22.2 Å². The Morgan fingerprint density at radius 3 is 2.60 bits per heavy atom. The first-order valence-electron chi connectivity index (χ1n) is 7.17. The van der Waals surface area contributed by atoms with Gasteiger partial charge in [-0.1, -0.05) is 23.9 Å². The first-order valence-corrected chi connectivity index (χ1v) is 8.16. The number of nitrogens with one attached hydrogen (secondary N) is 1. The number of nitrogens with zero attached hydrogens (tertiary/aromatic N) is 3. The highest BCUT2D eigenvalue weighted by atomic mass is 32.2. The molecule has 0 aliphatic carbocycles. The van der Waals surface area contributed by atoms with Crippen molar-refractivity contribution in [1.29, 1.82) is 0 Å². The first-order chi connectivity index (χ1) is 12.0. The van der Waals surface area contributed by atoms with E-state index in [9.17, 15) is 13.6 Å². The summed E-state index contributed by atoms with van der Waals surface area (Å²) >= 11 is 1.08. The molecule has 0 fully saturated rings. The van der Waals surface area contributed by atoms with Crippen LogP contribution in [0.2, 0.25) is 0 Å². The van der Waals surface area contributed by atoms with Gasteiger partial charge in [-0.25, -0.2) is 13.5 Å². The van der Waals surface area contributed by atoms with Crippen molar-refractivity contribution in [2.75, 3.05) is 16.9 Å². The van der Waals surface area contributed by atoms with E-state index in [-0.39, 0.29) is 17.5 Å². The molecular formula is C16H13F2N5OS. The number of halogens is 2. The molecule has 0 unspecified atom stereocenters. The lowest BCUT2D eigenvalue weighted by Gasteiger charge is -2.05. The Bertz CT molecular complexity index is 898. The van der Waals surface area contributed by atoms with E-state index in [1.54, 1.807) is 12.1 Å². The van der Waals surface area contributed by atoms with Gasteiger partial charge < -0.3 is 11.2 Å². The van der Waals surface area contributed by atoms with Gasteiger partial charge in [0, 0.05) is 11.3 Å². The molecule has 0 atom stereocenters. The maximum absolute atomic E-state index is 13.3. The molecule has 0 bridgehead atoms. The lowest BCUT2D eigenvalue weighted by molar-refractivity contribution is -0.113. The number of carbonyl (C=O) groups excluding carboxylic acids is 1. The minimum absolute atomic E-state index is 0.0376. The number of benzene rings is 2. The molecule has 0 saturated carbocycles. The Morgan fingerprint density at radius 2 is 1.88 bits per heavy atom. The highest BCUT2D eigenvalue weighted by Gasteiger charge is 2.14. The standard InChI is InChI=1S/C16H13F2N5OS/c17-11-4-6-13(7-5-11)20-14(24)9-25-16-22-21-15(23(16)19)10-2-1-3-12(18)8-10/h1-8H,9,19H2,(H,20,24). The third-order valence-electron chi connectivity index (χ3n) is 3.21. The van der Waals surface area contributed by atoms with Crippen LogP contribution < -0.4 is 11.2 Å². The highest BCUT2D eigenvalue weighted by molar-refractivity contribution is 7.99. The van der Waals surface area contributed by atoms with Gasteiger partial charge in [0.2, 0.25) is 11.1 Å². The average molecular weight is 361 g/mol. The van der Waals surface area contributed by atoms with Gasteiger partial charge >= 0.3 is 0 Å². The Hall–Kier alpha value is -2.94. The fourth-order valence-electron chi connectivity index (χ4n) is 2.06. The number of nitrogen functional groups attached to an aromatic ring is 1. The summed E-state index contributed by atoms with van der Waals surface area (Å²) < 4.78 is 27.3. The van der Waals surface area contributed by atoms with Crippen LogP contribution in [-0.2, 0) is 4.79 Å². The number of amides is 1. The molecular weight excluding hydrogens is 348 g/mol. The van der Waals surface area contributed by atoms with Crippen molar-refractivity contribution in [3.63, 3.8) is 0 Å². The number of aromatic nitrogens is 3. The van der Waals surface area contributed by atoms with E-state index < -0.39 is 5.82 Å². The zero-order valence-corrected chi connectivity index (χ0v) is 13.6. The second-order valence-electron chi connectivity index (χ2n) is 5.03. The van der Waals surface area contributed by atoms with E-state index in [2.05, 4.69) is 15.5 Å². The summed E-state index contributed by atoms with van der Waals surface area (Å²) in [5.41, 5.74) is 0.972. The van der Waals surface area contributed by atoms with Crippen LogP contribution in [-0.4, -0.2) is 26.5 Å². The molecule has 3 N–H and O–H groups in total. The van der Waals surface area contributed by atoms with E-state index in [1.807, 2.05) is 0 Å². The fourth-order valence-corrected chi connectivity index (χ4v) is 2.72. The minimum Gasteiger partial charge on any atom is -0.335 e. The number of hydrogen-bond acceptors (Lipinski definition) is 5. The summed E-state index contributed by atoms with van der Waals surface area (Å²) in [5, 5.41) is 10.8. The van der Waals surface area contributed by atoms with E-state index >= 15 is 0 Å². The van der Waals surface area contributed by atoms with Crippen LogP contribution >= 0.6 is 11.8 Å². The Labute approximate surface area is 146 Å². The number of rotatable bonds is 5. The lowest BCUT2D eigenvalue weighted by atomic mass is 10.2. The van der Waals surface area contributed by atoms with Gasteiger partial charge in [0.05, 0.1) is 5.75 Å². The Morgan fingerprint density at radius 1 is 1.12 bits per heavy atom. The predicted octanol–water partition coefficient (Wildman–Crippen LogP) is 2.67. The van der Waals surface area contributed by atoms with E-state index in [1.165, 1.54) is 41.1 Å². The number of anilines is 1. The lowest BCUT2D eigenvalue weighted by Crippen LogP contribution is -2.16. The van der Waals surface area contributed by atoms with Crippen molar-refractivity contribution in [2.24, 2.45) is 0 Å². The summed E-state index contributed by atoms with van der Waals surface area (Å²) in [6.07, 6.45) is 0. The second-order valence-corrected chi connectivity index (χ2v) is 5.97. The van der Waals surface area contributed by atoms with Gasteiger partial charge in [-0.2, -0.15) is 0 Å². The van der Waals surface area contributed by atoms with Gasteiger partial charge in [0.15, 0.2) is 5.82 Å². The Balaban J connectivity index is 1.64. The van der Waals surface area contributed by atoms with Crippen LogP contribution in [0.15, 0.2) is 53.7 Å². The van der Waals surface area contributed by atoms with Gasteiger partial charge in [-0.3, -0.25) is 4.79 Å². The molecule has 1 heterocycles. The molecule has 0 saturated heterocycles. The number of thioether (sulfide) groups is 1. The zero-order valence-electron chi connectivity index (χ0n) is 12.8. The highest BCUT2D eigenvalue weighted by Crippen LogP contribution is 2.22. The molecule has 2 aromatic carbocycles. The first kappa shape index (κ1) is 16.9. The zero-order chi connectivity index (χ0) is 17.8. The minimum atomic E-state index is -0.409. The van der Waals surface area contributed by atoms with Crippen molar-refractivity contribution in [2.45, 2.75) is 5.16 Å². The van der Waals surface area contributed by atoms with E-state index in [4.69, 9.17) is 5.84 Å². The molecule has 6 nitrogen and oxygen atoms in total. The largest absolute Gasteiger partial charge is 0.335 e. The molecule has 0 aliphatic rings. The van der Waals surface area contributed by atoms with Crippen molar-refractivity contribution < 1.29 is 13.6 Å². The SMILES string of the molecule is Nn1c(SCC(=O)Nc2ccc(F)cc2)nnc1-c1cccc(F)c1. The molecule has 3 rings (SSSR count). The van der Waals surface area contributed by atoms with Crippen molar-refractivity contribution in [3.05, 3.63) is 60.2 Å². The number of hydrogen-bond donors (Lipinski definition) is 2. The third-order valence-corrected chi connectivity index (χ3v) is 4.15. The molecule has 128 valence electrons. The average Bonchev–Trinajstić information content (AvgIpc) is 2.96. The third kappa shape index (κ3) is 4.13. The summed E-state index contributed by atoms with van der Waals surface area (Å²) in [6.45, 7) is 0. The molecule has 0 spiro atoms. The molecule has 1 aromatic heterocycles. The molecule has 3 aromatic rings. The molecule has 1 amide bonds. The Kier molecular flexibility index (Phi) is 4.94. The quantitative estimate of drug-likeness (QED) is 0.539. The summed E-state index contributed by atoms with van der Waals surface area (Å²) in [4.78, 5) is 11.9. The molecule has 9 heteroatoms. The van der Waals surface area contributed by atoms with Gasteiger partial charge in [-0.05, 0) is 36.4 Å². The van der Waals surface area contributed by atoms with E-state index in [0.717, 1.165) is 11.8 Å². The van der Waals surface area contributed by atoms with Gasteiger partial charge in [0.25, 0.3) is 0 Å². The van der Waals surface area contributed by atoms with Crippen molar-refractivity contribution in [1.82, 2.24) is 14.9 Å². The van der Waals surface area contributed by atoms with Gasteiger partial charge in [-0.15, -0.1) is 10.2 Å². The summed E-state index contributed by atoms with van der Waals surface area (Å²) in [5.74, 6) is 5.16. The number of nitrogens with two attached hydrogens (primary N) is 1. The van der Waals surface area contributed by atoms with Crippen LogP contribution in [0.3, 0.4) is 0 Å². The van der Waals surface area contributed by atoms with Crippen molar-refractivity contribution >= 4 is 23.4 Å². The van der Waals surface area contributed by atoms with Crippen molar-refractivity contribution in [3.8, 4) is 11.4 Å². The maximum atomic E-state index is 13.3. The predicted molar refractivity (Wildman–Crippen MR) is 91.3 cm³/mol. The van der Waals surface area contributed by atoms with Gasteiger partial charge in [0.1, 0.15) is 11.6 Å². The van der Waals surface area contributed by atoms with Crippen LogP contribution in [0, 0.1) is 11.6 Å².